The Kier molecular flexibility index (Phi) is 6.90. The quantitative estimate of drug-likeness (QED) is 0.771. The molecule has 0 bridgehead atoms. The average molecular weight is 276 g/mol. The minimum Gasteiger partial charge on any atom is -0.383 e. The molecule has 17 heavy (non-hydrogen) atoms. The number of benzene rings is 1. The second kappa shape index (κ2) is 7.93. The summed E-state index contributed by atoms with van der Waals surface area (Å²) in [5, 5.41) is 4.59. The molecule has 2 nitrogen and oxygen atoms in total. The molecule has 0 aromatic heterocycles. The van der Waals surface area contributed by atoms with Gasteiger partial charge >= 0.3 is 0 Å². The fourth-order valence-corrected chi connectivity index (χ4v) is 1.98. The minimum atomic E-state index is 0.559. The largest absolute Gasteiger partial charge is 0.383 e. The van der Waals surface area contributed by atoms with Gasteiger partial charge in [-0.25, -0.2) is 0 Å². The maximum Gasteiger partial charge on any atom is 0.0595 e. The van der Waals surface area contributed by atoms with Crippen LogP contribution in [0.25, 0.3) is 0 Å². The van der Waals surface area contributed by atoms with Gasteiger partial charge < -0.3 is 10.1 Å². The van der Waals surface area contributed by atoms with E-state index in [-0.39, 0.29) is 0 Å². The maximum absolute atomic E-state index is 5.98. The number of nitrogens with one attached hydrogen (secondary N) is 1. The lowest BCUT2D eigenvalue weighted by atomic mass is 10.0. The van der Waals surface area contributed by atoms with Crippen LogP contribution in [-0.2, 0) is 11.2 Å². The smallest absolute Gasteiger partial charge is 0.0595 e. The van der Waals surface area contributed by atoms with Crippen LogP contribution < -0.4 is 5.32 Å². The lowest BCUT2D eigenvalue weighted by Crippen LogP contribution is -2.25. The Labute approximate surface area is 113 Å². The van der Waals surface area contributed by atoms with Crippen LogP contribution in [0.1, 0.15) is 12.5 Å². The third-order valence-corrected chi connectivity index (χ3v) is 3.28. The highest BCUT2D eigenvalue weighted by Gasteiger charge is 2.05. The zero-order valence-corrected chi connectivity index (χ0v) is 11.8. The predicted octanol–water partition coefficient (Wildman–Crippen LogP) is 3.41. The van der Waals surface area contributed by atoms with E-state index in [9.17, 15) is 0 Å². The molecule has 1 rings (SSSR count). The summed E-state index contributed by atoms with van der Waals surface area (Å²) < 4.78 is 4.98. The number of halogens is 2. The Hall–Kier alpha value is -0.280. The summed E-state index contributed by atoms with van der Waals surface area (Å²) >= 11 is 11.9. The van der Waals surface area contributed by atoms with Crippen molar-refractivity contribution in [3.63, 3.8) is 0 Å². The number of ether oxygens (including phenoxy) is 1. The van der Waals surface area contributed by atoms with Gasteiger partial charge in [-0.05, 0) is 36.6 Å². The highest BCUT2D eigenvalue weighted by atomic mass is 35.5. The van der Waals surface area contributed by atoms with E-state index in [0.717, 1.165) is 26.1 Å². The number of hydrogen-bond donors (Lipinski definition) is 1. The molecule has 0 saturated heterocycles. The minimum absolute atomic E-state index is 0.559. The molecule has 1 atom stereocenters. The molecule has 0 spiro atoms. The lowest BCUT2D eigenvalue weighted by Gasteiger charge is -2.13. The lowest BCUT2D eigenvalue weighted by molar-refractivity contribution is 0.198. The molecule has 0 radical (unpaired) electrons. The van der Waals surface area contributed by atoms with Gasteiger partial charge in [0, 0.05) is 13.7 Å². The predicted molar refractivity (Wildman–Crippen MR) is 74.1 cm³/mol. The third kappa shape index (κ3) is 5.73. The summed E-state index contributed by atoms with van der Waals surface area (Å²) in [5.41, 5.74) is 1.22. The molecule has 0 saturated carbocycles. The van der Waals surface area contributed by atoms with Gasteiger partial charge in [-0.2, -0.15) is 0 Å². The van der Waals surface area contributed by atoms with E-state index in [0.29, 0.717) is 16.0 Å². The van der Waals surface area contributed by atoms with Crippen LogP contribution in [0, 0.1) is 5.92 Å². The first-order valence-electron chi connectivity index (χ1n) is 5.77. The van der Waals surface area contributed by atoms with Crippen LogP contribution in [0.5, 0.6) is 0 Å². The second-order valence-electron chi connectivity index (χ2n) is 4.25. The van der Waals surface area contributed by atoms with Gasteiger partial charge in [0.1, 0.15) is 0 Å². The van der Waals surface area contributed by atoms with E-state index in [1.54, 1.807) is 7.11 Å². The first kappa shape index (κ1) is 14.8. The van der Waals surface area contributed by atoms with Crippen molar-refractivity contribution in [1.29, 1.82) is 0 Å². The Morgan fingerprint density at radius 2 is 2.06 bits per heavy atom. The van der Waals surface area contributed by atoms with Crippen molar-refractivity contribution in [1.82, 2.24) is 5.32 Å². The summed E-state index contributed by atoms with van der Waals surface area (Å²) in [6.07, 6.45) is 0.997. The Morgan fingerprint density at radius 1 is 1.29 bits per heavy atom. The van der Waals surface area contributed by atoms with E-state index in [4.69, 9.17) is 27.9 Å². The highest BCUT2D eigenvalue weighted by Crippen LogP contribution is 2.23. The third-order valence-electron chi connectivity index (χ3n) is 2.54. The van der Waals surface area contributed by atoms with E-state index in [1.807, 2.05) is 18.2 Å². The van der Waals surface area contributed by atoms with E-state index >= 15 is 0 Å². The molecule has 0 heterocycles. The topological polar surface area (TPSA) is 21.3 Å². The molecule has 1 aromatic carbocycles. The second-order valence-corrected chi connectivity index (χ2v) is 5.07. The molecule has 0 aliphatic heterocycles. The van der Waals surface area contributed by atoms with Crippen LogP contribution in [0.4, 0.5) is 0 Å². The molecule has 4 heteroatoms. The normalized spacial score (nSPS) is 12.7. The summed E-state index contributed by atoms with van der Waals surface area (Å²) in [6, 6.07) is 5.82. The van der Waals surface area contributed by atoms with Crippen molar-refractivity contribution in [2.24, 2.45) is 5.92 Å². The van der Waals surface area contributed by atoms with E-state index in [2.05, 4.69) is 12.2 Å². The molecule has 0 aliphatic carbocycles. The van der Waals surface area contributed by atoms with Crippen LogP contribution >= 0.6 is 23.2 Å². The molecule has 0 fully saturated rings. The Balaban J connectivity index is 2.34. The molecular weight excluding hydrogens is 257 g/mol. The van der Waals surface area contributed by atoms with Crippen molar-refractivity contribution in [2.75, 3.05) is 26.8 Å². The van der Waals surface area contributed by atoms with Crippen LogP contribution in [0.3, 0.4) is 0 Å². The fourth-order valence-electron chi connectivity index (χ4n) is 1.66. The summed E-state index contributed by atoms with van der Waals surface area (Å²) in [7, 11) is 1.71. The van der Waals surface area contributed by atoms with Gasteiger partial charge in [-0.1, -0.05) is 36.2 Å². The summed E-state index contributed by atoms with van der Waals surface area (Å²) in [4.78, 5) is 0. The van der Waals surface area contributed by atoms with E-state index < -0.39 is 0 Å². The SMILES string of the molecule is COCCNCC(C)Cc1ccc(Cl)c(Cl)c1. The van der Waals surface area contributed by atoms with Crippen LogP contribution in [0.2, 0.25) is 10.0 Å². The number of rotatable bonds is 7. The van der Waals surface area contributed by atoms with Gasteiger partial charge in [0.25, 0.3) is 0 Å². The molecule has 0 aliphatic rings. The monoisotopic (exact) mass is 275 g/mol. The van der Waals surface area contributed by atoms with Gasteiger partial charge in [-0.15, -0.1) is 0 Å². The molecule has 0 amide bonds. The summed E-state index contributed by atoms with van der Waals surface area (Å²) in [6.45, 7) is 4.83. The van der Waals surface area contributed by atoms with Gasteiger partial charge in [-0.3, -0.25) is 0 Å². The van der Waals surface area contributed by atoms with Crippen molar-refractivity contribution in [3.8, 4) is 0 Å². The number of methoxy groups -OCH3 is 1. The zero-order chi connectivity index (χ0) is 12.7. The van der Waals surface area contributed by atoms with Crippen molar-refractivity contribution >= 4 is 23.2 Å². The Bertz CT molecular complexity index is 344. The fraction of sp³-hybridized carbons (Fsp3) is 0.538. The highest BCUT2D eigenvalue weighted by molar-refractivity contribution is 6.42. The average Bonchev–Trinajstić information content (AvgIpc) is 2.30. The summed E-state index contributed by atoms with van der Waals surface area (Å²) in [5.74, 6) is 0.559. The van der Waals surface area contributed by atoms with Crippen molar-refractivity contribution in [3.05, 3.63) is 33.8 Å². The Morgan fingerprint density at radius 3 is 2.71 bits per heavy atom. The van der Waals surface area contributed by atoms with E-state index in [1.165, 1.54) is 5.56 Å². The first-order valence-corrected chi connectivity index (χ1v) is 6.52. The van der Waals surface area contributed by atoms with Crippen LogP contribution in [-0.4, -0.2) is 26.8 Å². The first-order chi connectivity index (χ1) is 8.13. The molecule has 1 aromatic rings. The molecule has 96 valence electrons. The standard InChI is InChI=1S/C13H19Cl2NO/c1-10(9-16-5-6-17-2)7-11-3-4-12(14)13(15)8-11/h3-4,8,10,16H,5-7,9H2,1-2H3. The molecule has 1 unspecified atom stereocenters. The zero-order valence-electron chi connectivity index (χ0n) is 10.3. The van der Waals surface area contributed by atoms with Gasteiger partial charge in [0.15, 0.2) is 0 Å². The van der Waals surface area contributed by atoms with Gasteiger partial charge in [0.2, 0.25) is 0 Å². The maximum atomic E-state index is 5.98. The van der Waals surface area contributed by atoms with Crippen molar-refractivity contribution in [2.45, 2.75) is 13.3 Å². The molecule has 1 N–H and O–H groups in total. The number of hydrogen-bond acceptors (Lipinski definition) is 2. The van der Waals surface area contributed by atoms with Gasteiger partial charge in [0.05, 0.1) is 16.7 Å². The molecular formula is C13H19Cl2NO. The van der Waals surface area contributed by atoms with Crippen molar-refractivity contribution < 1.29 is 4.74 Å². The van der Waals surface area contributed by atoms with Crippen LogP contribution in [0.15, 0.2) is 18.2 Å².